The van der Waals surface area contributed by atoms with Gasteiger partial charge in [-0.3, -0.25) is 4.79 Å². The lowest BCUT2D eigenvalue weighted by Crippen LogP contribution is -2.46. The molecule has 0 bridgehead atoms. The Balaban J connectivity index is 1.77. The fourth-order valence-corrected chi connectivity index (χ4v) is 4.09. The number of nitrogens with zero attached hydrogens (tertiary/aromatic N) is 2. The normalized spacial score (nSPS) is 29.1. The quantitative estimate of drug-likeness (QED) is 0.819. The Bertz CT molecular complexity index is 417. The van der Waals surface area contributed by atoms with E-state index >= 15 is 0 Å². The van der Waals surface area contributed by atoms with Gasteiger partial charge in [-0.15, -0.1) is 11.3 Å². The maximum atomic E-state index is 12.5. The molecular formula is C14H20N2OS. The zero-order valence-electron chi connectivity index (χ0n) is 10.8. The number of carbonyl (C=O) groups is 1. The topological polar surface area (TPSA) is 23.6 Å². The van der Waals surface area contributed by atoms with E-state index in [1.54, 1.807) is 11.3 Å². The summed E-state index contributed by atoms with van der Waals surface area (Å²) in [5.41, 5.74) is 0. The van der Waals surface area contributed by atoms with Crippen molar-refractivity contribution in [2.45, 2.75) is 37.8 Å². The second-order valence-electron chi connectivity index (χ2n) is 5.38. The third kappa shape index (κ3) is 2.08. The molecule has 1 amide bonds. The van der Waals surface area contributed by atoms with Crippen molar-refractivity contribution in [1.29, 1.82) is 0 Å². The molecule has 0 aromatic carbocycles. The van der Waals surface area contributed by atoms with Crippen LogP contribution in [0.4, 0.5) is 0 Å². The Morgan fingerprint density at radius 2 is 2.06 bits per heavy atom. The van der Waals surface area contributed by atoms with Gasteiger partial charge in [-0.1, -0.05) is 6.07 Å². The van der Waals surface area contributed by atoms with Gasteiger partial charge in [0, 0.05) is 18.6 Å². The lowest BCUT2D eigenvalue weighted by molar-refractivity contribution is 0.0669. The van der Waals surface area contributed by atoms with Crippen LogP contribution in [0, 0.1) is 0 Å². The highest BCUT2D eigenvalue weighted by molar-refractivity contribution is 7.12. The molecule has 2 atom stereocenters. The van der Waals surface area contributed by atoms with Crippen LogP contribution in [-0.2, 0) is 0 Å². The largest absolute Gasteiger partial charge is 0.333 e. The van der Waals surface area contributed by atoms with E-state index in [1.807, 2.05) is 17.5 Å². The number of carbonyl (C=O) groups excluding carboxylic acids is 1. The molecule has 3 rings (SSSR count). The van der Waals surface area contributed by atoms with Crippen LogP contribution >= 0.6 is 11.3 Å². The Labute approximate surface area is 112 Å². The summed E-state index contributed by atoms with van der Waals surface area (Å²) in [6, 6.07) is 4.93. The molecule has 2 aliphatic rings. The molecule has 0 radical (unpaired) electrons. The van der Waals surface area contributed by atoms with Gasteiger partial charge in [-0.25, -0.2) is 0 Å². The van der Waals surface area contributed by atoms with Gasteiger partial charge in [0.2, 0.25) is 0 Å². The van der Waals surface area contributed by atoms with E-state index in [9.17, 15) is 4.79 Å². The number of amides is 1. The molecular weight excluding hydrogens is 244 g/mol. The third-order valence-electron chi connectivity index (χ3n) is 4.31. The van der Waals surface area contributed by atoms with Gasteiger partial charge < -0.3 is 9.80 Å². The molecule has 4 heteroatoms. The number of likely N-dealkylation sites (N-methyl/N-ethyl adjacent to an activating group) is 1. The monoisotopic (exact) mass is 264 g/mol. The summed E-state index contributed by atoms with van der Waals surface area (Å²) in [5.74, 6) is 0.243. The summed E-state index contributed by atoms with van der Waals surface area (Å²) in [5, 5.41) is 1.99. The van der Waals surface area contributed by atoms with Gasteiger partial charge in [-0.05, 0) is 50.7 Å². The molecule has 3 nitrogen and oxygen atoms in total. The smallest absolute Gasteiger partial charge is 0.264 e. The van der Waals surface area contributed by atoms with Crippen molar-refractivity contribution in [2.24, 2.45) is 0 Å². The standard InChI is InChI=1S/C14H20N2OS/c1-15-8-2-5-11(15)12-6-3-9-16(12)14(17)13-7-4-10-18-13/h4,7,10-12H,2-3,5-6,8-9H2,1H3/t11-,12-/m1/s1. The van der Waals surface area contributed by atoms with E-state index in [4.69, 9.17) is 0 Å². The summed E-state index contributed by atoms with van der Waals surface area (Å²) in [7, 11) is 2.20. The van der Waals surface area contributed by atoms with E-state index in [-0.39, 0.29) is 5.91 Å². The summed E-state index contributed by atoms with van der Waals surface area (Å²) in [4.78, 5) is 17.9. The second-order valence-corrected chi connectivity index (χ2v) is 6.32. The van der Waals surface area contributed by atoms with Gasteiger partial charge >= 0.3 is 0 Å². The first-order valence-corrected chi connectivity index (χ1v) is 7.70. The van der Waals surface area contributed by atoms with E-state index in [1.165, 1.54) is 25.8 Å². The summed E-state index contributed by atoms with van der Waals surface area (Å²) in [6.07, 6.45) is 4.85. The van der Waals surface area contributed by atoms with Gasteiger partial charge in [0.25, 0.3) is 5.91 Å². The first-order chi connectivity index (χ1) is 8.77. The minimum absolute atomic E-state index is 0.243. The van der Waals surface area contributed by atoms with Crippen LogP contribution in [0.1, 0.15) is 35.4 Å². The maximum Gasteiger partial charge on any atom is 0.264 e. The van der Waals surface area contributed by atoms with E-state index in [2.05, 4.69) is 16.8 Å². The Kier molecular flexibility index (Phi) is 3.39. The molecule has 0 unspecified atom stereocenters. The molecule has 98 valence electrons. The minimum Gasteiger partial charge on any atom is -0.333 e. The van der Waals surface area contributed by atoms with E-state index in [0.717, 1.165) is 17.8 Å². The molecule has 2 saturated heterocycles. The zero-order valence-corrected chi connectivity index (χ0v) is 11.7. The van der Waals surface area contributed by atoms with Crippen LogP contribution in [0.5, 0.6) is 0 Å². The first kappa shape index (κ1) is 12.2. The van der Waals surface area contributed by atoms with Crippen molar-refractivity contribution >= 4 is 17.2 Å². The highest BCUT2D eigenvalue weighted by atomic mass is 32.1. The average Bonchev–Trinajstić information content (AvgIpc) is 3.09. The van der Waals surface area contributed by atoms with Gasteiger partial charge in [-0.2, -0.15) is 0 Å². The fraction of sp³-hybridized carbons (Fsp3) is 0.643. The molecule has 1 aromatic rings. The van der Waals surface area contributed by atoms with Crippen molar-refractivity contribution in [3.63, 3.8) is 0 Å². The zero-order chi connectivity index (χ0) is 12.5. The van der Waals surface area contributed by atoms with Crippen LogP contribution in [0.3, 0.4) is 0 Å². The minimum atomic E-state index is 0.243. The van der Waals surface area contributed by atoms with Crippen molar-refractivity contribution in [2.75, 3.05) is 20.1 Å². The van der Waals surface area contributed by atoms with Gasteiger partial charge in [0.1, 0.15) is 0 Å². The highest BCUT2D eigenvalue weighted by Gasteiger charge is 2.38. The van der Waals surface area contributed by atoms with Gasteiger partial charge in [0.05, 0.1) is 4.88 Å². The van der Waals surface area contributed by atoms with Crippen molar-refractivity contribution in [3.05, 3.63) is 22.4 Å². The third-order valence-corrected chi connectivity index (χ3v) is 5.17. The Hall–Kier alpha value is -0.870. The average molecular weight is 264 g/mol. The molecule has 2 aliphatic heterocycles. The molecule has 1 aromatic heterocycles. The van der Waals surface area contributed by atoms with Crippen LogP contribution in [0.25, 0.3) is 0 Å². The number of rotatable bonds is 2. The van der Waals surface area contributed by atoms with Crippen LogP contribution in [0.15, 0.2) is 17.5 Å². The van der Waals surface area contributed by atoms with Crippen molar-refractivity contribution in [1.82, 2.24) is 9.80 Å². The van der Waals surface area contributed by atoms with Crippen LogP contribution < -0.4 is 0 Å². The molecule has 18 heavy (non-hydrogen) atoms. The molecule has 0 saturated carbocycles. The molecule has 0 aliphatic carbocycles. The highest BCUT2D eigenvalue weighted by Crippen LogP contribution is 2.30. The Morgan fingerprint density at radius 3 is 2.72 bits per heavy atom. The predicted molar refractivity (Wildman–Crippen MR) is 74.0 cm³/mol. The first-order valence-electron chi connectivity index (χ1n) is 6.82. The molecule has 2 fully saturated rings. The molecule has 0 spiro atoms. The predicted octanol–water partition coefficient (Wildman–Crippen LogP) is 2.45. The maximum absolute atomic E-state index is 12.5. The lowest BCUT2D eigenvalue weighted by Gasteiger charge is -2.33. The summed E-state index contributed by atoms with van der Waals surface area (Å²) in [6.45, 7) is 2.12. The van der Waals surface area contributed by atoms with E-state index in [0.29, 0.717) is 12.1 Å². The SMILES string of the molecule is CN1CCC[C@@H]1[C@H]1CCCN1C(=O)c1cccs1. The van der Waals surface area contributed by atoms with Crippen LogP contribution in [0.2, 0.25) is 0 Å². The summed E-state index contributed by atoms with van der Waals surface area (Å²) >= 11 is 1.56. The fourth-order valence-electron chi connectivity index (χ4n) is 3.41. The number of thiophene rings is 1. The molecule has 0 N–H and O–H groups in total. The van der Waals surface area contributed by atoms with Crippen molar-refractivity contribution in [3.8, 4) is 0 Å². The van der Waals surface area contributed by atoms with Crippen LogP contribution in [-0.4, -0.2) is 47.9 Å². The summed E-state index contributed by atoms with van der Waals surface area (Å²) < 4.78 is 0. The number of hydrogen-bond donors (Lipinski definition) is 0. The van der Waals surface area contributed by atoms with E-state index < -0.39 is 0 Å². The van der Waals surface area contributed by atoms with Gasteiger partial charge in [0.15, 0.2) is 0 Å². The number of likely N-dealkylation sites (tertiary alicyclic amines) is 2. The number of hydrogen-bond acceptors (Lipinski definition) is 3. The van der Waals surface area contributed by atoms with Crippen molar-refractivity contribution < 1.29 is 4.79 Å². The Morgan fingerprint density at radius 1 is 1.28 bits per heavy atom. The molecule has 3 heterocycles. The lowest BCUT2D eigenvalue weighted by atomic mass is 10.0. The second kappa shape index (κ2) is 5.02.